The summed E-state index contributed by atoms with van der Waals surface area (Å²) in [7, 11) is 1.35. The Morgan fingerprint density at radius 1 is 1.47 bits per heavy atom. The van der Waals surface area contributed by atoms with Crippen molar-refractivity contribution < 1.29 is 13.9 Å². The molecule has 0 heterocycles. The number of nitrogens with zero attached hydrogens (tertiary/aromatic N) is 1. The lowest BCUT2D eigenvalue weighted by Gasteiger charge is -2.20. The van der Waals surface area contributed by atoms with Gasteiger partial charge in [0.15, 0.2) is 0 Å². The smallest absolute Gasteiger partial charge is 0.319 e. The first-order chi connectivity index (χ1) is 9.10. The summed E-state index contributed by atoms with van der Waals surface area (Å²) in [6.45, 7) is 3.63. The molecule has 1 aromatic carbocycles. The largest absolute Gasteiger partial charge is 0.468 e. The van der Waals surface area contributed by atoms with E-state index in [4.69, 9.17) is 5.73 Å². The van der Waals surface area contributed by atoms with Crippen LogP contribution >= 0.6 is 0 Å². The Morgan fingerprint density at radius 3 is 2.79 bits per heavy atom. The van der Waals surface area contributed by atoms with Crippen LogP contribution in [-0.4, -0.2) is 31.1 Å². The summed E-state index contributed by atoms with van der Waals surface area (Å²) in [5.74, 6) is -0.591. The Morgan fingerprint density at radius 2 is 2.21 bits per heavy atom. The van der Waals surface area contributed by atoms with E-state index in [1.54, 1.807) is 12.1 Å². The van der Waals surface area contributed by atoms with Gasteiger partial charge in [-0.2, -0.15) is 0 Å². The second kappa shape index (κ2) is 7.86. The Kier molecular flexibility index (Phi) is 6.45. The summed E-state index contributed by atoms with van der Waals surface area (Å²) in [6.07, 6.45) is 0.884. The van der Waals surface area contributed by atoms with E-state index in [0.717, 1.165) is 12.0 Å². The van der Waals surface area contributed by atoms with Crippen molar-refractivity contribution in [2.75, 3.05) is 20.2 Å². The zero-order valence-electron chi connectivity index (χ0n) is 11.5. The highest BCUT2D eigenvalue weighted by Gasteiger charge is 2.13. The van der Waals surface area contributed by atoms with Gasteiger partial charge in [-0.25, -0.2) is 4.39 Å². The van der Waals surface area contributed by atoms with Gasteiger partial charge in [-0.05, 0) is 24.6 Å². The van der Waals surface area contributed by atoms with E-state index in [2.05, 4.69) is 4.74 Å². The molecule has 0 unspecified atom stereocenters. The monoisotopic (exact) mass is 268 g/mol. The number of hydrogen-bond acceptors (Lipinski definition) is 4. The molecule has 0 aliphatic rings. The maximum atomic E-state index is 13.7. The highest BCUT2D eigenvalue weighted by atomic mass is 19.1. The topological polar surface area (TPSA) is 55.6 Å². The third-order valence-electron chi connectivity index (χ3n) is 2.86. The second-order valence-corrected chi connectivity index (χ2v) is 4.42. The van der Waals surface area contributed by atoms with Crippen molar-refractivity contribution in [1.29, 1.82) is 0 Å². The number of carbonyl (C=O) groups is 1. The van der Waals surface area contributed by atoms with Gasteiger partial charge in [-0.15, -0.1) is 0 Å². The molecular formula is C14H21FN2O2. The van der Waals surface area contributed by atoms with Gasteiger partial charge in [0, 0.05) is 18.7 Å². The second-order valence-electron chi connectivity index (χ2n) is 4.42. The Bertz CT molecular complexity index is 424. The number of ether oxygens (including phenoxy) is 1. The first-order valence-corrected chi connectivity index (χ1v) is 6.37. The average molecular weight is 268 g/mol. The molecule has 0 spiro atoms. The number of hydrogen-bond donors (Lipinski definition) is 1. The van der Waals surface area contributed by atoms with Crippen molar-refractivity contribution in [1.82, 2.24) is 4.90 Å². The van der Waals surface area contributed by atoms with Gasteiger partial charge in [0.05, 0.1) is 13.7 Å². The number of esters is 1. The van der Waals surface area contributed by atoms with E-state index in [-0.39, 0.29) is 18.3 Å². The molecule has 0 aliphatic heterocycles. The number of methoxy groups -OCH3 is 1. The van der Waals surface area contributed by atoms with Gasteiger partial charge >= 0.3 is 5.97 Å². The van der Waals surface area contributed by atoms with Crippen LogP contribution in [0.25, 0.3) is 0 Å². The minimum Gasteiger partial charge on any atom is -0.468 e. The van der Waals surface area contributed by atoms with Gasteiger partial charge in [-0.1, -0.05) is 19.1 Å². The summed E-state index contributed by atoms with van der Waals surface area (Å²) < 4.78 is 18.4. The molecule has 19 heavy (non-hydrogen) atoms. The van der Waals surface area contributed by atoms with E-state index >= 15 is 0 Å². The van der Waals surface area contributed by atoms with Crippen LogP contribution in [0.2, 0.25) is 0 Å². The van der Waals surface area contributed by atoms with Gasteiger partial charge in [0.25, 0.3) is 0 Å². The number of carbonyl (C=O) groups excluding carboxylic acids is 1. The summed E-state index contributed by atoms with van der Waals surface area (Å²) in [4.78, 5) is 13.2. The summed E-state index contributed by atoms with van der Waals surface area (Å²) in [5, 5.41) is 0. The minimum absolute atomic E-state index is 0.163. The maximum Gasteiger partial charge on any atom is 0.319 e. The fourth-order valence-corrected chi connectivity index (χ4v) is 1.89. The predicted octanol–water partition coefficient (Wildman–Crippen LogP) is 1.67. The van der Waals surface area contributed by atoms with Crippen molar-refractivity contribution in [3.05, 3.63) is 35.1 Å². The first kappa shape index (κ1) is 15.6. The van der Waals surface area contributed by atoms with Gasteiger partial charge in [0.2, 0.25) is 0 Å². The van der Waals surface area contributed by atoms with Gasteiger partial charge < -0.3 is 10.5 Å². The van der Waals surface area contributed by atoms with Crippen LogP contribution in [-0.2, 0) is 22.6 Å². The molecule has 106 valence electrons. The molecule has 0 fully saturated rings. The van der Waals surface area contributed by atoms with Crippen molar-refractivity contribution in [3.8, 4) is 0 Å². The quantitative estimate of drug-likeness (QED) is 0.764. The molecule has 1 aromatic rings. The van der Waals surface area contributed by atoms with Crippen LogP contribution < -0.4 is 5.73 Å². The molecule has 0 radical (unpaired) electrons. The first-order valence-electron chi connectivity index (χ1n) is 6.37. The molecule has 0 saturated carbocycles. The Labute approximate surface area is 113 Å². The molecule has 0 atom stereocenters. The van der Waals surface area contributed by atoms with Crippen molar-refractivity contribution >= 4 is 5.97 Å². The van der Waals surface area contributed by atoms with E-state index in [9.17, 15) is 9.18 Å². The van der Waals surface area contributed by atoms with Crippen LogP contribution in [0.4, 0.5) is 4.39 Å². The molecule has 5 heteroatoms. The molecule has 4 nitrogen and oxygen atoms in total. The van der Waals surface area contributed by atoms with E-state index in [1.807, 2.05) is 11.8 Å². The SMILES string of the molecule is CCCN(CC(=O)OC)Cc1cc(CN)ccc1F. The van der Waals surface area contributed by atoms with Crippen LogP contribution in [0.1, 0.15) is 24.5 Å². The van der Waals surface area contributed by atoms with Gasteiger partial charge in [-0.3, -0.25) is 9.69 Å². The van der Waals surface area contributed by atoms with Crippen molar-refractivity contribution in [2.24, 2.45) is 5.73 Å². The van der Waals surface area contributed by atoms with Crippen LogP contribution in [0, 0.1) is 5.82 Å². The number of halogens is 1. The summed E-state index contributed by atoms with van der Waals surface area (Å²) in [5.41, 5.74) is 6.99. The summed E-state index contributed by atoms with van der Waals surface area (Å²) >= 11 is 0. The van der Waals surface area contributed by atoms with Crippen molar-refractivity contribution in [2.45, 2.75) is 26.4 Å². The van der Waals surface area contributed by atoms with E-state index < -0.39 is 0 Å². The van der Waals surface area contributed by atoms with Crippen LogP contribution in [0.5, 0.6) is 0 Å². The lowest BCUT2D eigenvalue weighted by molar-refractivity contribution is -0.142. The van der Waals surface area contributed by atoms with Crippen molar-refractivity contribution in [3.63, 3.8) is 0 Å². The Balaban J connectivity index is 2.80. The zero-order chi connectivity index (χ0) is 14.3. The fourth-order valence-electron chi connectivity index (χ4n) is 1.89. The molecule has 0 aliphatic carbocycles. The standard InChI is InChI=1S/C14H21FN2O2/c1-3-6-17(10-14(18)19-2)9-12-7-11(8-16)4-5-13(12)15/h4-5,7H,3,6,8-10,16H2,1-2H3. The molecule has 0 aromatic heterocycles. The van der Waals surface area contributed by atoms with Crippen LogP contribution in [0.3, 0.4) is 0 Å². The van der Waals surface area contributed by atoms with E-state index in [0.29, 0.717) is 25.2 Å². The predicted molar refractivity (Wildman–Crippen MR) is 71.9 cm³/mol. The fraction of sp³-hybridized carbons (Fsp3) is 0.500. The molecule has 1 rings (SSSR count). The molecule has 0 bridgehead atoms. The molecule has 0 amide bonds. The Hall–Kier alpha value is -1.46. The third-order valence-corrected chi connectivity index (χ3v) is 2.86. The lowest BCUT2D eigenvalue weighted by Crippen LogP contribution is -2.31. The minimum atomic E-state index is -0.316. The summed E-state index contributed by atoms with van der Waals surface area (Å²) in [6, 6.07) is 4.83. The van der Waals surface area contributed by atoms with Crippen LogP contribution in [0.15, 0.2) is 18.2 Å². The number of rotatable bonds is 7. The maximum absolute atomic E-state index is 13.7. The molecule has 2 N–H and O–H groups in total. The average Bonchev–Trinajstić information content (AvgIpc) is 2.41. The highest BCUT2D eigenvalue weighted by molar-refractivity contribution is 5.71. The molecular weight excluding hydrogens is 247 g/mol. The highest BCUT2D eigenvalue weighted by Crippen LogP contribution is 2.13. The number of nitrogens with two attached hydrogens (primary N) is 1. The zero-order valence-corrected chi connectivity index (χ0v) is 11.5. The van der Waals surface area contributed by atoms with E-state index in [1.165, 1.54) is 13.2 Å². The molecule has 0 saturated heterocycles. The number of benzene rings is 1. The normalized spacial score (nSPS) is 10.8. The van der Waals surface area contributed by atoms with Gasteiger partial charge in [0.1, 0.15) is 5.82 Å². The third kappa shape index (κ3) is 4.96. The lowest BCUT2D eigenvalue weighted by atomic mass is 10.1.